The maximum absolute atomic E-state index is 11.2. The maximum Gasteiger partial charge on any atom is 0.133 e. The highest BCUT2D eigenvalue weighted by atomic mass is 16.1. The summed E-state index contributed by atoms with van der Waals surface area (Å²) < 4.78 is 0. The lowest BCUT2D eigenvalue weighted by molar-refractivity contribution is -0.121. The number of piperazine rings is 1. The predicted octanol–water partition coefficient (Wildman–Crippen LogP) is 1.13. The molecule has 0 aromatic heterocycles. The van der Waals surface area contributed by atoms with Gasteiger partial charge in [0.15, 0.2) is 0 Å². The minimum atomic E-state index is 0.466. The Bertz CT molecular complexity index is 232. The Morgan fingerprint density at radius 3 is 2.47 bits per heavy atom. The molecule has 1 aliphatic carbocycles. The SMILES string of the molecule is CC1CN(C)CCN1C1CCC(=O)CC1. The highest BCUT2D eigenvalue weighted by Crippen LogP contribution is 2.23. The van der Waals surface area contributed by atoms with E-state index in [-0.39, 0.29) is 0 Å². The summed E-state index contributed by atoms with van der Waals surface area (Å²) in [5, 5.41) is 0. The van der Waals surface area contributed by atoms with E-state index in [2.05, 4.69) is 23.8 Å². The molecule has 0 N–H and O–H groups in total. The first kappa shape index (κ1) is 11.1. The second-order valence-corrected chi connectivity index (χ2v) is 5.12. The number of nitrogens with zero attached hydrogens (tertiary/aromatic N) is 2. The molecule has 0 amide bonds. The highest BCUT2D eigenvalue weighted by molar-refractivity contribution is 5.79. The summed E-state index contributed by atoms with van der Waals surface area (Å²) in [5.41, 5.74) is 0. The lowest BCUT2D eigenvalue weighted by atomic mass is 9.91. The van der Waals surface area contributed by atoms with Crippen LogP contribution in [-0.2, 0) is 4.79 Å². The number of Topliss-reactive ketones (excluding diaryl/α,β-unsaturated/α-hetero) is 1. The predicted molar refractivity (Wildman–Crippen MR) is 60.9 cm³/mol. The van der Waals surface area contributed by atoms with E-state index in [1.807, 2.05) is 0 Å². The molecule has 2 aliphatic rings. The van der Waals surface area contributed by atoms with Crippen molar-refractivity contribution in [3.05, 3.63) is 0 Å². The zero-order valence-electron chi connectivity index (χ0n) is 9.91. The molecule has 0 aromatic carbocycles. The first-order chi connectivity index (χ1) is 7.16. The van der Waals surface area contributed by atoms with Crippen LogP contribution in [0, 0.1) is 0 Å². The van der Waals surface area contributed by atoms with Gasteiger partial charge in [0.1, 0.15) is 5.78 Å². The zero-order valence-corrected chi connectivity index (χ0v) is 9.91. The van der Waals surface area contributed by atoms with Crippen molar-refractivity contribution >= 4 is 5.78 Å². The monoisotopic (exact) mass is 210 g/mol. The molecule has 0 radical (unpaired) electrons. The van der Waals surface area contributed by atoms with Gasteiger partial charge in [-0.05, 0) is 26.8 Å². The fourth-order valence-electron chi connectivity index (χ4n) is 2.95. The molecule has 2 rings (SSSR count). The normalized spacial score (nSPS) is 32.1. The van der Waals surface area contributed by atoms with E-state index in [0.717, 1.165) is 25.7 Å². The first-order valence-electron chi connectivity index (χ1n) is 6.13. The molecule has 3 heteroatoms. The Balaban J connectivity index is 1.90. The van der Waals surface area contributed by atoms with Gasteiger partial charge in [0.25, 0.3) is 0 Å². The fourth-order valence-corrected chi connectivity index (χ4v) is 2.95. The molecule has 1 heterocycles. The number of likely N-dealkylation sites (N-methyl/N-ethyl adjacent to an activating group) is 1. The molecular formula is C12H22N2O. The molecule has 1 saturated carbocycles. The fraction of sp³-hybridized carbons (Fsp3) is 0.917. The molecule has 1 saturated heterocycles. The van der Waals surface area contributed by atoms with Crippen molar-refractivity contribution in [3.63, 3.8) is 0 Å². The van der Waals surface area contributed by atoms with Crippen LogP contribution in [0.4, 0.5) is 0 Å². The number of rotatable bonds is 1. The average Bonchev–Trinajstić information content (AvgIpc) is 2.20. The summed E-state index contributed by atoms with van der Waals surface area (Å²) in [7, 11) is 2.19. The lowest BCUT2D eigenvalue weighted by Gasteiger charge is -2.44. The summed E-state index contributed by atoms with van der Waals surface area (Å²) >= 11 is 0. The van der Waals surface area contributed by atoms with Crippen molar-refractivity contribution in [2.75, 3.05) is 26.7 Å². The van der Waals surface area contributed by atoms with Crippen LogP contribution in [0.3, 0.4) is 0 Å². The summed E-state index contributed by atoms with van der Waals surface area (Å²) in [6.07, 6.45) is 3.80. The molecule has 1 atom stereocenters. The molecular weight excluding hydrogens is 188 g/mol. The van der Waals surface area contributed by atoms with E-state index in [0.29, 0.717) is 17.9 Å². The van der Waals surface area contributed by atoms with Gasteiger partial charge in [-0.1, -0.05) is 0 Å². The maximum atomic E-state index is 11.2. The molecule has 0 aromatic rings. The zero-order chi connectivity index (χ0) is 10.8. The Morgan fingerprint density at radius 2 is 1.87 bits per heavy atom. The lowest BCUT2D eigenvalue weighted by Crippen LogP contribution is -2.55. The van der Waals surface area contributed by atoms with Crippen LogP contribution in [-0.4, -0.2) is 54.3 Å². The topological polar surface area (TPSA) is 23.6 Å². The number of ketones is 1. The van der Waals surface area contributed by atoms with Crippen molar-refractivity contribution in [1.82, 2.24) is 9.80 Å². The molecule has 1 unspecified atom stereocenters. The first-order valence-corrected chi connectivity index (χ1v) is 6.13. The quantitative estimate of drug-likeness (QED) is 0.648. The van der Waals surface area contributed by atoms with Crippen molar-refractivity contribution in [3.8, 4) is 0 Å². The summed E-state index contributed by atoms with van der Waals surface area (Å²) in [4.78, 5) is 16.2. The smallest absolute Gasteiger partial charge is 0.133 e. The van der Waals surface area contributed by atoms with Gasteiger partial charge in [-0.3, -0.25) is 9.69 Å². The van der Waals surface area contributed by atoms with E-state index in [1.165, 1.54) is 19.6 Å². The van der Waals surface area contributed by atoms with Gasteiger partial charge < -0.3 is 4.90 Å². The molecule has 2 fully saturated rings. The highest BCUT2D eigenvalue weighted by Gasteiger charge is 2.30. The van der Waals surface area contributed by atoms with E-state index >= 15 is 0 Å². The number of hydrogen-bond donors (Lipinski definition) is 0. The minimum Gasteiger partial charge on any atom is -0.304 e. The summed E-state index contributed by atoms with van der Waals surface area (Å²) in [5.74, 6) is 0.466. The summed E-state index contributed by atoms with van der Waals surface area (Å²) in [6, 6.07) is 1.33. The van der Waals surface area contributed by atoms with Crippen LogP contribution < -0.4 is 0 Å². The van der Waals surface area contributed by atoms with Gasteiger partial charge in [0, 0.05) is 44.6 Å². The molecule has 0 bridgehead atoms. The Kier molecular flexibility index (Phi) is 3.42. The van der Waals surface area contributed by atoms with E-state index in [9.17, 15) is 4.79 Å². The minimum absolute atomic E-state index is 0.466. The van der Waals surface area contributed by atoms with Gasteiger partial charge in [-0.2, -0.15) is 0 Å². The second-order valence-electron chi connectivity index (χ2n) is 5.12. The third-order valence-electron chi connectivity index (χ3n) is 3.86. The second kappa shape index (κ2) is 4.62. The Hall–Kier alpha value is -0.410. The van der Waals surface area contributed by atoms with Gasteiger partial charge in [0.2, 0.25) is 0 Å². The van der Waals surface area contributed by atoms with Gasteiger partial charge in [-0.15, -0.1) is 0 Å². The van der Waals surface area contributed by atoms with Crippen molar-refractivity contribution in [2.24, 2.45) is 0 Å². The van der Waals surface area contributed by atoms with E-state index in [4.69, 9.17) is 0 Å². The third-order valence-corrected chi connectivity index (χ3v) is 3.86. The molecule has 86 valence electrons. The van der Waals surface area contributed by atoms with Gasteiger partial charge in [-0.25, -0.2) is 0 Å². The van der Waals surface area contributed by atoms with E-state index < -0.39 is 0 Å². The Labute approximate surface area is 92.4 Å². The molecule has 1 aliphatic heterocycles. The Morgan fingerprint density at radius 1 is 1.20 bits per heavy atom. The molecule has 15 heavy (non-hydrogen) atoms. The van der Waals surface area contributed by atoms with Crippen LogP contribution in [0.25, 0.3) is 0 Å². The molecule has 0 spiro atoms. The standard InChI is InChI=1S/C12H22N2O/c1-10-9-13(2)7-8-14(10)11-3-5-12(15)6-4-11/h10-11H,3-9H2,1-2H3. The van der Waals surface area contributed by atoms with Crippen LogP contribution in [0.1, 0.15) is 32.6 Å². The molecule has 3 nitrogen and oxygen atoms in total. The van der Waals surface area contributed by atoms with Crippen LogP contribution in [0.2, 0.25) is 0 Å². The number of carbonyl (C=O) groups excluding carboxylic acids is 1. The van der Waals surface area contributed by atoms with E-state index in [1.54, 1.807) is 0 Å². The van der Waals surface area contributed by atoms with Crippen molar-refractivity contribution < 1.29 is 4.79 Å². The van der Waals surface area contributed by atoms with Crippen molar-refractivity contribution in [2.45, 2.75) is 44.7 Å². The largest absolute Gasteiger partial charge is 0.304 e. The van der Waals surface area contributed by atoms with Gasteiger partial charge >= 0.3 is 0 Å². The number of carbonyl (C=O) groups is 1. The number of hydrogen-bond acceptors (Lipinski definition) is 3. The van der Waals surface area contributed by atoms with Crippen molar-refractivity contribution in [1.29, 1.82) is 0 Å². The van der Waals surface area contributed by atoms with Crippen LogP contribution in [0.5, 0.6) is 0 Å². The van der Waals surface area contributed by atoms with Crippen LogP contribution in [0.15, 0.2) is 0 Å². The average molecular weight is 210 g/mol. The third kappa shape index (κ3) is 2.58. The summed E-state index contributed by atoms with van der Waals surface area (Å²) in [6.45, 7) is 5.84. The van der Waals surface area contributed by atoms with Crippen LogP contribution >= 0.6 is 0 Å². The van der Waals surface area contributed by atoms with Gasteiger partial charge in [0.05, 0.1) is 0 Å².